The maximum atomic E-state index is 16.1. The number of nitrogens with zero attached hydrogens (tertiary/aromatic N) is 3. The summed E-state index contributed by atoms with van der Waals surface area (Å²) in [5.41, 5.74) is 3.79. The minimum atomic E-state index is -1.86. The summed E-state index contributed by atoms with van der Waals surface area (Å²) >= 11 is 1.27. The second-order valence-corrected chi connectivity index (χ2v) is 29.8. The van der Waals surface area contributed by atoms with Gasteiger partial charge in [-0.05, 0) is 81.9 Å². The van der Waals surface area contributed by atoms with Gasteiger partial charge in [0.05, 0.1) is 92.8 Å². The molecule has 586 valence electrons. The summed E-state index contributed by atoms with van der Waals surface area (Å²) in [7, 11) is 0. The maximum absolute atomic E-state index is 16.1. The molecule has 6 aliphatic rings. The van der Waals surface area contributed by atoms with E-state index in [-0.39, 0.29) is 92.8 Å². The van der Waals surface area contributed by atoms with Gasteiger partial charge in [-0.15, -0.1) is 0 Å². The summed E-state index contributed by atoms with van der Waals surface area (Å²) in [5, 5.41) is 0. The molecule has 0 radical (unpaired) electrons. The number of hydrogen-bond acceptors (Lipinski definition) is 20. The molecule has 0 spiro atoms. The van der Waals surface area contributed by atoms with Crippen LogP contribution in [-0.4, -0.2) is 167 Å². The molecule has 0 saturated carbocycles. The molecule has 15 unspecified atom stereocenters. The molecular formula is C92H83N3O19S. The Labute approximate surface area is 668 Å². The lowest BCUT2D eigenvalue weighted by Gasteiger charge is -2.54. The topological polar surface area (TPSA) is 240 Å². The van der Waals surface area contributed by atoms with Gasteiger partial charge < -0.3 is 56.8 Å². The number of benzene rings is 10. The van der Waals surface area contributed by atoms with E-state index in [2.05, 4.69) is 0 Å². The van der Waals surface area contributed by atoms with Crippen molar-refractivity contribution in [3.8, 4) is 0 Å². The minimum absolute atomic E-state index is 0.0106. The van der Waals surface area contributed by atoms with Crippen LogP contribution < -0.4 is 0 Å². The third-order valence-corrected chi connectivity index (χ3v) is 22.3. The van der Waals surface area contributed by atoms with Gasteiger partial charge in [0.15, 0.2) is 18.7 Å². The smallest absolute Gasteiger partial charge is 0.303 e. The zero-order chi connectivity index (χ0) is 78.7. The van der Waals surface area contributed by atoms with Gasteiger partial charge in [-0.3, -0.25) is 48.3 Å². The predicted molar refractivity (Wildman–Crippen MR) is 419 cm³/mol. The van der Waals surface area contributed by atoms with Gasteiger partial charge in [-0.25, -0.2) is 0 Å². The number of ether oxygens (including phenoxy) is 12. The number of esters is 1. The Morgan fingerprint density at radius 3 is 0.870 bits per heavy atom. The van der Waals surface area contributed by atoms with Crippen LogP contribution in [0.15, 0.2) is 290 Å². The first kappa shape index (κ1) is 77.9. The van der Waals surface area contributed by atoms with Gasteiger partial charge in [0, 0.05) is 11.8 Å². The predicted octanol–water partition coefficient (Wildman–Crippen LogP) is 13.1. The Morgan fingerprint density at radius 1 is 0.304 bits per heavy atom. The van der Waals surface area contributed by atoms with Gasteiger partial charge in [-0.2, -0.15) is 0 Å². The monoisotopic (exact) mass is 1570 g/mol. The molecule has 3 fully saturated rings. The van der Waals surface area contributed by atoms with Crippen molar-refractivity contribution in [2.24, 2.45) is 0 Å². The van der Waals surface area contributed by atoms with E-state index >= 15 is 28.8 Å². The zero-order valence-electron chi connectivity index (χ0n) is 62.7. The fourth-order valence-electron chi connectivity index (χ4n) is 15.7. The summed E-state index contributed by atoms with van der Waals surface area (Å²) in [6, 6.07) is 79.9. The Hall–Kier alpha value is -11.0. The van der Waals surface area contributed by atoms with Gasteiger partial charge in [0.25, 0.3) is 35.4 Å². The number of carbonyl (C=O) groups excluding carboxylic acids is 7. The second-order valence-electron chi connectivity index (χ2n) is 28.7. The van der Waals surface area contributed by atoms with Crippen LogP contribution in [0, 0.1) is 0 Å². The lowest BCUT2D eigenvalue weighted by atomic mass is 9.92. The highest BCUT2D eigenvalue weighted by molar-refractivity contribution is 7.99. The molecule has 22 nitrogen and oxygen atoms in total. The number of hydrogen-bond donors (Lipinski definition) is 0. The largest absolute Gasteiger partial charge is 0.457 e. The first-order valence-electron chi connectivity index (χ1n) is 38.3. The number of fused-ring (bicyclic) bond motifs is 3. The highest BCUT2D eigenvalue weighted by atomic mass is 32.2. The number of rotatable bonds is 31. The quantitative estimate of drug-likeness (QED) is 0.0290. The minimum Gasteiger partial charge on any atom is -0.457 e. The summed E-state index contributed by atoms with van der Waals surface area (Å²) < 4.78 is 86.4. The van der Waals surface area contributed by atoms with Crippen LogP contribution in [0.1, 0.15) is 102 Å². The summed E-state index contributed by atoms with van der Waals surface area (Å²) in [6.07, 6.45) is -16.8. The average molecular weight is 1570 g/mol. The number of imide groups is 3. The van der Waals surface area contributed by atoms with Gasteiger partial charge in [0.2, 0.25) is 0 Å². The molecule has 10 aromatic rings. The van der Waals surface area contributed by atoms with Crippen LogP contribution in [0.5, 0.6) is 0 Å². The molecule has 15 atom stereocenters. The summed E-state index contributed by atoms with van der Waals surface area (Å²) in [4.78, 5) is 112. The second kappa shape index (κ2) is 36.2. The SMILES string of the molecule is CC(=O)OC1C(COCc2ccccc2)OC(OC2C(COCc3ccccc3)OC(OC3C(COCc4ccccc4)OC(Sc4ccccc4)C(N4C(=O)c5ccccc5C4=O)C3OCc3ccccc3)C(N3C(=O)c4ccccc4C3=O)C2OCc2ccccc2)C(N2C(=O)c3ccccc3C2=O)C1OCc1ccccc1. The Morgan fingerprint density at radius 2 is 0.557 bits per heavy atom. The summed E-state index contributed by atoms with van der Waals surface area (Å²) in [6.45, 7) is -0.0527. The van der Waals surface area contributed by atoms with Crippen molar-refractivity contribution >= 4 is 53.2 Å². The third-order valence-electron chi connectivity index (χ3n) is 21.1. The molecule has 10 aromatic carbocycles. The van der Waals surface area contributed by atoms with Crippen LogP contribution in [0.4, 0.5) is 0 Å². The highest BCUT2D eigenvalue weighted by Gasteiger charge is 2.63. The zero-order valence-corrected chi connectivity index (χ0v) is 63.5. The number of thioether (sulfide) groups is 1. The van der Waals surface area contributed by atoms with Crippen molar-refractivity contribution in [2.75, 3.05) is 19.8 Å². The lowest BCUT2D eigenvalue weighted by Crippen LogP contribution is -2.72. The van der Waals surface area contributed by atoms with Crippen LogP contribution in [0.3, 0.4) is 0 Å². The van der Waals surface area contributed by atoms with Gasteiger partial charge in [0.1, 0.15) is 72.4 Å². The molecule has 16 rings (SSSR count). The van der Waals surface area contributed by atoms with Gasteiger partial charge >= 0.3 is 5.97 Å². The van der Waals surface area contributed by atoms with E-state index < -0.39 is 132 Å². The Kier molecular flexibility index (Phi) is 24.5. The number of amides is 6. The fraction of sp³-hybridized carbons (Fsp3) is 0.272. The van der Waals surface area contributed by atoms with Crippen LogP contribution in [0.25, 0.3) is 0 Å². The van der Waals surface area contributed by atoms with Crippen LogP contribution in [-0.2, 0) is 101 Å². The molecule has 6 aliphatic heterocycles. The third kappa shape index (κ3) is 17.2. The Bertz CT molecular complexity index is 4940. The molecule has 115 heavy (non-hydrogen) atoms. The van der Waals surface area contributed by atoms with Crippen molar-refractivity contribution in [2.45, 2.75) is 143 Å². The van der Waals surface area contributed by atoms with E-state index in [9.17, 15) is 4.79 Å². The van der Waals surface area contributed by atoms with Crippen molar-refractivity contribution in [1.82, 2.24) is 14.7 Å². The van der Waals surface area contributed by atoms with Crippen molar-refractivity contribution in [3.05, 3.63) is 352 Å². The molecular weight excluding hydrogens is 1480 g/mol. The van der Waals surface area contributed by atoms with Crippen LogP contribution in [0.2, 0.25) is 0 Å². The normalized spacial score (nSPS) is 25.1. The molecule has 6 heterocycles. The Balaban J connectivity index is 0.884. The van der Waals surface area contributed by atoms with Crippen LogP contribution >= 0.6 is 11.8 Å². The van der Waals surface area contributed by atoms with E-state index in [4.69, 9.17) is 56.8 Å². The standard InChI is InChI=1S/C92H83N3O19S/c1-58(96)109-78-72(55-103-49-59-29-9-2-10-30-59)110-90(75(81(78)106-52-62-35-15-5-16-36-62)93-84(97)66-43-23-24-44-67(66)85(93)98)113-79-73(56-104-50-60-31-11-3-12-32-60)111-91(76(82(79)107-53-63-37-17-6-18-38-63)94-86(99)68-45-25-26-46-69(68)87(94)100)114-80-74(57-105-51-61-33-13-4-14-34-61)112-92(115-65-41-21-8-22-42-65)77(83(80)108-54-64-39-19-7-20-40-64)95-88(101)70-47-27-28-48-71(70)89(95)102/h2-48,72-83,90-92H,49-57H2,1H3. The molecule has 0 aliphatic carbocycles. The molecule has 0 N–H and O–H groups in total. The molecule has 23 heteroatoms. The van der Waals surface area contributed by atoms with E-state index in [0.29, 0.717) is 16.7 Å². The van der Waals surface area contributed by atoms with E-state index in [1.165, 1.54) is 35.7 Å². The fourth-order valence-corrected chi connectivity index (χ4v) is 16.9. The van der Waals surface area contributed by atoms with E-state index in [1.54, 1.807) is 60.7 Å². The molecule has 6 amide bonds. The lowest BCUT2D eigenvalue weighted by molar-refractivity contribution is -0.362. The molecule has 3 saturated heterocycles. The van der Waals surface area contributed by atoms with E-state index in [1.807, 2.05) is 212 Å². The summed E-state index contributed by atoms with van der Waals surface area (Å²) in [5.74, 6) is -5.05. The molecule has 0 aromatic heterocycles. The first-order valence-corrected chi connectivity index (χ1v) is 39.2. The van der Waals surface area contributed by atoms with Crippen molar-refractivity contribution in [1.29, 1.82) is 0 Å². The highest BCUT2D eigenvalue weighted by Crippen LogP contribution is 2.46. The molecule has 0 bridgehead atoms. The average Bonchev–Trinajstić information content (AvgIpc) is 1.66. The first-order chi connectivity index (χ1) is 56.4. The maximum Gasteiger partial charge on any atom is 0.303 e. The number of carbonyl (C=O) groups is 7. The van der Waals surface area contributed by atoms with Gasteiger partial charge in [-0.1, -0.05) is 248 Å². The van der Waals surface area contributed by atoms with Crippen molar-refractivity contribution < 1.29 is 90.4 Å². The van der Waals surface area contributed by atoms with Crippen molar-refractivity contribution in [3.63, 3.8) is 0 Å². The van der Waals surface area contributed by atoms with E-state index in [0.717, 1.165) is 31.4 Å².